The monoisotopic (exact) mass is 305 g/mol. The highest BCUT2D eigenvalue weighted by atomic mass is 16.1. The minimum atomic E-state index is -0.0950. The molecule has 3 rings (SSSR count). The van der Waals surface area contributed by atoms with Gasteiger partial charge < -0.3 is 9.88 Å². The second-order valence-corrected chi connectivity index (χ2v) is 5.69. The molecule has 4 nitrogen and oxygen atoms in total. The van der Waals surface area contributed by atoms with E-state index in [0.29, 0.717) is 5.56 Å². The highest BCUT2D eigenvalue weighted by Gasteiger charge is 2.07. The number of carbonyl (C=O) groups excluding carboxylic acids is 1. The van der Waals surface area contributed by atoms with E-state index in [1.807, 2.05) is 60.2 Å². The van der Waals surface area contributed by atoms with Gasteiger partial charge in [-0.05, 0) is 54.8 Å². The number of carbonyl (C=O) groups is 1. The molecule has 1 aromatic heterocycles. The number of anilines is 1. The van der Waals surface area contributed by atoms with E-state index in [0.717, 1.165) is 17.8 Å². The maximum Gasteiger partial charge on any atom is 0.255 e. The lowest BCUT2D eigenvalue weighted by molar-refractivity contribution is 0.102. The highest BCUT2D eigenvalue weighted by molar-refractivity contribution is 6.04. The van der Waals surface area contributed by atoms with Crippen LogP contribution in [0.15, 0.2) is 61.2 Å². The van der Waals surface area contributed by atoms with Gasteiger partial charge in [0, 0.05) is 30.2 Å². The largest absolute Gasteiger partial charge is 0.333 e. The molecule has 0 unspecified atom stereocenters. The minimum absolute atomic E-state index is 0.0950. The molecule has 23 heavy (non-hydrogen) atoms. The predicted molar refractivity (Wildman–Crippen MR) is 91.6 cm³/mol. The number of hydrogen-bond donors (Lipinski definition) is 1. The molecule has 1 amide bonds. The van der Waals surface area contributed by atoms with Crippen LogP contribution in [-0.4, -0.2) is 15.5 Å². The van der Waals surface area contributed by atoms with Crippen molar-refractivity contribution < 1.29 is 4.79 Å². The summed E-state index contributed by atoms with van der Waals surface area (Å²) in [5.41, 5.74) is 4.98. The van der Waals surface area contributed by atoms with E-state index < -0.39 is 0 Å². The van der Waals surface area contributed by atoms with Crippen molar-refractivity contribution >= 4 is 11.6 Å². The molecular weight excluding hydrogens is 286 g/mol. The fraction of sp³-hybridized carbons (Fsp3) is 0.158. The second-order valence-electron chi connectivity index (χ2n) is 5.69. The van der Waals surface area contributed by atoms with Crippen LogP contribution in [0.4, 0.5) is 5.69 Å². The predicted octanol–water partition coefficient (Wildman–Crippen LogP) is 3.80. The van der Waals surface area contributed by atoms with Crippen LogP contribution in [0.5, 0.6) is 0 Å². The van der Waals surface area contributed by atoms with Crippen molar-refractivity contribution in [2.45, 2.75) is 20.4 Å². The molecule has 0 aliphatic carbocycles. The number of nitrogens with one attached hydrogen (secondary N) is 1. The van der Waals surface area contributed by atoms with Crippen molar-refractivity contribution in [2.75, 3.05) is 5.32 Å². The first-order chi connectivity index (χ1) is 11.1. The van der Waals surface area contributed by atoms with E-state index in [9.17, 15) is 4.79 Å². The molecule has 116 valence electrons. The molecule has 0 saturated carbocycles. The van der Waals surface area contributed by atoms with Crippen molar-refractivity contribution in [2.24, 2.45) is 0 Å². The first kappa shape index (κ1) is 15.0. The Morgan fingerprint density at radius 1 is 1.09 bits per heavy atom. The maximum atomic E-state index is 12.3. The van der Waals surface area contributed by atoms with Gasteiger partial charge in [-0.1, -0.05) is 18.2 Å². The minimum Gasteiger partial charge on any atom is -0.333 e. The van der Waals surface area contributed by atoms with Crippen molar-refractivity contribution in [3.63, 3.8) is 0 Å². The van der Waals surface area contributed by atoms with Gasteiger partial charge in [0.1, 0.15) is 0 Å². The Morgan fingerprint density at radius 3 is 2.52 bits per heavy atom. The van der Waals surface area contributed by atoms with Gasteiger partial charge in [0.25, 0.3) is 5.91 Å². The summed E-state index contributed by atoms with van der Waals surface area (Å²) in [6, 6.07) is 13.6. The van der Waals surface area contributed by atoms with Gasteiger partial charge in [0.05, 0.1) is 6.33 Å². The van der Waals surface area contributed by atoms with Crippen LogP contribution in [0.2, 0.25) is 0 Å². The molecule has 0 spiro atoms. The van der Waals surface area contributed by atoms with Crippen LogP contribution in [0.1, 0.15) is 27.0 Å². The van der Waals surface area contributed by atoms with E-state index in [-0.39, 0.29) is 5.91 Å². The van der Waals surface area contributed by atoms with Gasteiger partial charge in [-0.25, -0.2) is 4.98 Å². The van der Waals surface area contributed by atoms with Crippen LogP contribution in [0.3, 0.4) is 0 Å². The summed E-state index contributed by atoms with van der Waals surface area (Å²) in [6.07, 6.45) is 5.45. The Hall–Kier alpha value is -2.88. The third kappa shape index (κ3) is 3.66. The summed E-state index contributed by atoms with van der Waals surface area (Å²) in [5, 5.41) is 2.94. The summed E-state index contributed by atoms with van der Waals surface area (Å²) in [5.74, 6) is -0.0950. The molecule has 4 heteroatoms. The fourth-order valence-corrected chi connectivity index (χ4v) is 2.38. The molecule has 0 atom stereocenters. The number of hydrogen-bond acceptors (Lipinski definition) is 2. The zero-order chi connectivity index (χ0) is 16.2. The van der Waals surface area contributed by atoms with E-state index in [4.69, 9.17) is 0 Å². The smallest absolute Gasteiger partial charge is 0.255 e. The summed E-state index contributed by atoms with van der Waals surface area (Å²) in [7, 11) is 0. The number of amides is 1. The quantitative estimate of drug-likeness (QED) is 0.797. The molecule has 2 aromatic carbocycles. The average molecular weight is 305 g/mol. The van der Waals surface area contributed by atoms with Crippen LogP contribution in [-0.2, 0) is 6.54 Å². The molecular formula is C19H19N3O. The standard InChI is InChI=1S/C19H19N3O/c1-14-3-8-18(11-15(14)2)21-19(23)17-6-4-16(5-7-17)12-22-10-9-20-13-22/h3-11,13H,12H2,1-2H3,(H,21,23). The van der Waals surface area contributed by atoms with E-state index in [1.54, 1.807) is 12.5 Å². The normalized spacial score (nSPS) is 10.5. The zero-order valence-electron chi connectivity index (χ0n) is 13.3. The Balaban J connectivity index is 1.68. The second kappa shape index (κ2) is 6.48. The lowest BCUT2D eigenvalue weighted by Gasteiger charge is -2.08. The van der Waals surface area contributed by atoms with Gasteiger partial charge in [-0.15, -0.1) is 0 Å². The topological polar surface area (TPSA) is 46.9 Å². The Labute approximate surface area is 135 Å². The van der Waals surface area contributed by atoms with Crippen molar-refractivity contribution in [3.8, 4) is 0 Å². The number of nitrogens with zero attached hydrogens (tertiary/aromatic N) is 2. The zero-order valence-corrected chi connectivity index (χ0v) is 13.3. The van der Waals surface area contributed by atoms with Crippen LogP contribution in [0.25, 0.3) is 0 Å². The van der Waals surface area contributed by atoms with Gasteiger partial charge in [-0.2, -0.15) is 0 Å². The number of aryl methyl sites for hydroxylation is 2. The molecule has 0 aliphatic rings. The SMILES string of the molecule is Cc1ccc(NC(=O)c2ccc(Cn3ccnc3)cc2)cc1C. The van der Waals surface area contributed by atoms with Crippen LogP contribution >= 0.6 is 0 Å². The first-order valence-electron chi connectivity index (χ1n) is 7.55. The molecule has 0 radical (unpaired) electrons. The lowest BCUT2D eigenvalue weighted by Crippen LogP contribution is -2.12. The van der Waals surface area contributed by atoms with E-state index in [1.165, 1.54) is 11.1 Å². The van der Waals surface area contributed by atoms with E-state index in [2.05, 4.69) is 17.2 Å². The lowest BCUT2D eigenvalue weighted by atomic mass is 10.1. The summed E-state index contributed by atoms with van der Waals surface area (Å²) in [4.78, 5) is 16.3. The molecule has 0 saturated heterocycles. The molecule has 1 N–H and O–H groups in total. The summed E-state index contributed by atoms with van der Waals surface area (Å²) >= 11 is 0. The van der Waals surface area contributed by atoms with Crippen molar-refractivity contribution in [3.05, 3.63) is 83.4 Å². The first-order valence-corrected chi connectivity index (χ1v) is 7.55. The Morgan fingerprint density at radius 2 is 1.87 bits per heavy atom. The Bertz CT molecular complexity index is 805. The molecule has 0 bridgehead atoms. The molecule has 0 aliphatic heterocycles. The summed E-state index contributed by atoms with van der Waals surface area (Å²) in [6.45, 7) is 4.84. The fourth-order valence-electron chi connectivity index (χ4n) is 2.38. The van der Waals surface area contributed by atoms with Crippen LogP contribution in [0, 0.1) is 13.8 Å². The third-order valence-electron chi connectivity index (χ3n) is 3.91. The number of imidazole rings is 1. The highest BCUT2D eigenvalue weighted by Crippen LogP contribution is 2.15. The van der Waals surface area contributed by atoms with Gasteiger partial charge >= 0.3 is 0 Å². The van der Waals surface area contributed by atoms with Gasteiger partial charge in [0.15, 0.2) is 0 Å². The van der Waals surface area contributed by atoms with Crippen molar-refractivity contribution in [1.29, 1.82) is 0 Å². The van der Waals surface area contributed by atoms with Gasteiger partial charge in [0.2, 0.25) is 0 Å². The molecule has 3 aromatic rings. The summed E-state index contributed by atoms with van der Waals surface area (Å²) < 4.78 is 1.99. The number of aromatic nitrogens is 2. The van der Waals surface area contributed by atoms with Crippen molar-refractivity contribution in [1.82, 2.24) is 9.55 Å². The van der Waals surface area contributed by atoms with Crippen LogP contribution < -0.4 is 5.32 Å². The third-order valence-corrected chi connectivity index (χ3v) is 3.91. The maximum absolute atomic E-state index is 12.3. The number of benzene rings is 2. The number of rotatable bonds is 4. The molecule has 1 heterocycles. The van der Waals surface area contributed by atoms with E-state index >= 15 is 0 Å². The average Bonchev–Trinajstić information content (AvgIpc) is 3.04. The van der Waals surface area contributed by atoms with Gasteiger partial charge in [-0.3, -0.25) is 4.79 Å². The Kier molecular flexibility index (Phi) is 4.24. The molecule has 0 fully saturated rings.